The van der Waals surface area contributed by atoms with Gasteiger partial charge in [-0.3, -0.25) is 15.1 Å². The number of carbonyl (C=O) groups is 1. The average Bonchev–Trinajstić information content (AvgIpc) is 2.83. The number of nitrogens with zero attached hydrogens (tertiary/aromatic N) is 1. The number of pyridine rings is 1. The molecule has 0 saturated heterocycles. The molecule has 5 N–H and O–H groups in total. The summed E-state index contributed by atoms with van der Waals surface area (Å²) >= 11 is 1.49. The molecule has 0 radical (unpaired) electrons. The highest BCUT2D eigenvalue weighted by molar-refractivity contribution is 7.99. The predicted molar refractivity (Wildman–Crippen MR) is 132 cm³/mol. The summed E-state index contributed by atoms with van der Waals surface area (Å²) in [7, 11) is 1.69. The molecule has 0 bridgehead atoms. The molecular formula is C25H26N4O3S. The summed E-state index contributed by atoms with van der Waals surface area (Å²) in [6.45, 7) is 0.239. The molecule has 33 heavy (non-hydrogen) atoms. The molecule has 0 spiro atoms. The van der Waals surface area contributed by atoms with Gasteiger partial charge in [0.1, 0.15) is 6.23 Å². The van der Waals surface area contributed by atoms with E-state index in [1.54, 1.807) is 25.4 Å². The summed E-state index contributed by atoms with van der Waals surface area (Å²) in [5.74, 6) is -0.894. The molecule has 3 aromatic rings. The Morgan fingerprint density at radius 1 is 1.18 bits per heavy atom. The number of hydrogen-bond acceptors (Lipinski definition) is 7. The normalized spacial score (nSPS) is 11.9. The maximum absolute atomic E-state index is 11.0. The van der Waals surface area contributed by atoms with Gasteiger partial charge in [0.2, 0.25) is 0 Å². The molecule has 0 aliphatic heterocycles. The SMILES string of the molecule is CNC(O)c1ccccc1Sc1ccc(C(=N)/C=C/c2ccccn2)c(NCCC(=O)O)c1. The van der Waals surface area contributed by atoms with E-state index in [1.807, 2.05) is 60.7 Å². The fraction of sp³-hybridized carbons (Fsp3) is 0.160. The van der Waals surface area contributed by atoms with Crippen LogP contribution >= 0.6 is 11.8 Å². The molecule has 1 heterocycles. The second kappa shape index (κ2) is 12.0. The van der Waals surface area contributed by atoms with Crippen LogP contribution in [0, 0.1) is 5.41 Å². The van der Waals surface area contributed by atoms with Crippen molar-refractivity contribution in [2.75, 3.05) is 18.9 Å². The van der Waals surface area contributed by atoms with Crippen LogP contribution in [-0.2, 0) is 4.79 Å². The van der Waals surface area contributed by atoms with Crippen LogP contribution in [0.3, 0.4) is 0 Å². The minimum Gasteiger partial charge on any atom is -0.481 e. The lowest BCUT2D eigenvalue weighted by Crippen LogP contribution is -2.15. The smallest absolute Gasteiger partial charge is 0.305 e. The topological polar surface area (TPSA) is 118 Å². The van der Waals surface area contributed by atoms with Crippen molar-refractivity contribution in [2.45, 2.75) is 22.4 Å². The monoisotopic (exact) mass is 462 g/mol. The van der Waals surface area contributed by atoms with Gasteiger partial charge in [0, 0.05) is 39.3 Å². The van der Waals surface area contributed by atoms with Crippen LogP contribution in [0.15, 0.2) is 82.7 Å². The molecule has 1 atom stereocenters. The van der Waals surface area contributed by atoms with Crippen LogP contribution < -0.4 is 10.6 Å². The Kier molecular flexibility index (Phi) is 8.77. The van der Waals surface area contributed by atoms with Crippen LogP contribution in [0.5, 0.6) is 0 Å². The first-order chi connectivity index (χ1) is 16.0. The van der Waals surface area contributed by atoms with E-state index in [-0.39, 0.29) is 18.7 Å². The van der Waals surface area contributed by atoms with Gasteiger partial charge < -0.3 is 20.9 Å². The zero-order chi connectivity index (χ0) is 23.6. The van der Waals surface area contributed by atoms with Gasteiger partial charge in [0.05, 0.1) is 17.8 Å². The van der Waals surface area contributed by atoms with E-state index in [0.717, 1.165) is 21.0 Å². The number of anilines is 1. The number of carboxylic acid groups (broad SMARTS) is 1. The third-order valence-corrected chi connectivity index (χ3v) is 5.84. The first-order valence-electron chi connectivity index (χ1n) is 10.4. The van der Waals surface area contributed by atoms with Crippen molar-refractivity contribution in [2.24, 2.45) is 0 Å². The van der Waals surface area contributed by atoms with Gasteiger partial charge >= 0.3 is 5.97 Å². The van der Waals surface area contributed by atoms with Crippen molar-refractivity contribution in [3.63, 3.8) is 0 Å². The van der Waals surface area contributed by atoms with Crippen LogP contribution in [0.1, 0.15) is 29.5 Å². The molecule has 1 aromatic heterocycles. The number of benzene rings is 2. The molecule has 2 aromatic carbocycles. The number of aliphatic hydroxyl groups excluding tert-OH is 1. The zero-order valence-electron chi connectivity index (χ0n) is 18.2. The Balaban J connectivity index is 1.87. The standard InChI is InChI=1S/C25H26N4O3S/c1-27-25(32)20-7-2-3-8-23(20)33-18-10-11-19(22(16-18)29-15-13-24(30)31)21(26)12-9-17-6-4-5-14-28-17/h2-12,14,16,25-27,29,32H,13,15H2,1H3,(H,30,31)/b12-9+,26-21?. The first kappa shape index (κ1) is 24.2. The lowest BCUT2D eigenvalue weighted by molar-refractivity contribution is -0.136. The van der Waals surface area contributed by atoms with E-state index < -0.39 is 12.2 Å². The molecular weight excluding hydrogens is 436 g/mol. The second-order valence-corrected chi connectivity index (χ2v) is 8.23. The minimum atomic E-state index is -0.894. The molecule has 0 aliphatic carbocycles. The van der Waals surface area contributed by atoms with Crippen LogP contribution in [0.2, 0.25) is 0 Å². The third kappa shape index (κ3) is 7.01. The van der Waals surface area contributed by atoms with Gasteiger partial charge in [0.25, 0.3) is 0 Å². The third-order valence-electron chi connectivity index (χ3n) is 4.76. The van der Waals surface area contributed by atoms with Gasteiger partial charge in [-0.05, 0) is 55.6 Å². The number of hydrogen-bond donors (Lipinski definition) is 5. The molecule has 0 amide bonds. The molecule has 1 unspecified atom stereocenters. The Hall–Kier alpha value is -3.46. The van der Waals surface area contributed by atoms with Crippen molar-refractivity contribution in [3.8, 4) is 0 Å². The maximum Gasteiger partial charge on any atom is 0.305 e. The largest absolute Gasteiger partial charge is 0.481 e. The van der Waals surface area contributed by atoms with Gasteiger partial charge in [-0.2, -0.15) is 0 Å². The highest BCUT2D eigenvalue weighted by Gasteiger charge is 2.13. The van der Waals surface area contributed by atoms with Crippen molar-refractivity contribution in [1.29, 1.82) is 5.41 Å². The number of aromatic nitrogens is 1. The summed E-state index contributed by atoms with van der Waals surface area (Å²) < 4.78 is 0. The fourth-order valence-electron chi connectivity index (χ4n) is 3.09. The van der Waals surface area contributed by atoms with E-state index in [1.165, 1.54) is 11.8 Å². The lowest BCUT2D eigenvalue weighted by atomic mass is 10.1. The zero-order valence-corrected chi connectivity index (χ0v) is 19.0. The van der Waals surface area contributed by atoms with Crippen LogP contribution in [0.4, 0.5) is 5.69 Å². The molecule has 0 fully saturated rings. The number of aliphatic carboxylic acids is 1. The minimum absolute atomic E-state index is 0.0366. The summed E-state index contributed by atoms with van der Waals surface area (Å²) in [5.41, 5.74) is 3.11. The molecule has 0 aliphatic rings. The Labute approximate surface area is 197 Å². The van der Waals surface area contributed by atoms with Crippen molar-refractivity contribution >= 4 is 35.2 Å². The number of aliphatic hydroxyl groups is 1. The molecule has 8 heteroatoms. The quantitative estimate of drug-likeness (QED) is 0.212. The second-order valence-electron chi connectivity index (χ2n) is 7.11. The van der Waals surface area contributed by atoms with Gasteiger partial charge in [-0.15, -0.1) is 0 Å². The number of carboxylic acids is 1. The maximum atomic E-state index is 11.0. The average molecular weight is 463 g/mol. The van der Waals surface area contributed by atoms with Crippen molar-refractivity contribution < 1.29 is 15.0 Å². The molecule has 170 valence electrons. The van der Waals surface area contributed by atoms with E-state index >= 15 is 0 Å². The van der Waals surface area contributed by atoms with E-state index in [9.17, 15) is 9.90 Å². The van der Waals surface area contributed by atoms with Crippen LogP contribution in [0.25, 0.3) is 6.08 Å². The Morgan fingerprint density at radius 2 is 1.97 bits per heavy atom. The lowest BCUT2D eigenvalue weighted by Gasteiger charge is -2.16. The Morgan fingerprint density at radius 3 is 2.70 bits per heavy atom. The molecule has 0 saturated carbocycles. The summed E-state index contributed by atoms with van der Waals surface area (Å²) in [5, 5.41) is 33.8. The predicted octanol–water partition coefficient (Wildman–Crippen LogP) is 4.41. The van der Waals surface area contributed by atoms with Gasteiger partial charge in [-0.25, -0.2) is 0 Å². The molecule has 3 rings (SSSR count). The number of allylic oxidation sites excluding steroid dienone is 1. The number of rotatable bonds is 11. The first-order valence-corrected chi connectivity index (χ1v) is 11.2. The Bertz CT molecular complexity index is 1140. The van der Waals surface area contributed by atoms with E-state index in [0.29, 0.717) is 11.3 Å². The van der Waals surface area contributed by atoms with Gasteiger partial charge in [0.15, 0.2) is 0 Å². The van der Waals surface area contributed by atoms with Crippen molar-refractivity contribution in [1.82, 2.24) is 10.3 Å². The molecule has 7 nitrogen and oxygen atoms in total. The summed E-state index contributed by atoms with van der Waals surface area (Å²) in [6, 6.07) is 18.8. The van der Waals surface area contributed by atoms with E-state index in [2.05, 4.69) is 15.6 Å². The van der Waals surface area contributed by atoms with Gasteiger partial charge in [-0.1, -0.05) is 36.0 Å². The van der Waals surface area contributed by atoms with E-state index in [4.69, 9.17) is 10.5 Å². The fourth-order valence-corrected chi connectivity index (χ4v) is 4.10. The van der Waals surface area contributed by atoms with Crippen molar-refractivity contribution in [3.05, 3.63) is 89.8 Å². The number of nitrogens with one attached hydrogen (secondary N) is 3. The summed E-state index contributed by atoms with van der Waals surface area (Å²) in [6.07, 6.45) is 4.31. The highest BCUT2D eigenvalue weighted by atomic mass is 32.2. The summed E-state index contributed by atoms with van der Waals surface area (Å²) in [4.78, 5) is 17.0. The van der Waals surface area contributed by atoms with Crippen LogP contribution in [-0.4, -0.2) is 40.5 Å². The highest BCUT2D eigenvalue weighted by Crippen LogP contribution is 2.35.